The van der Waals surface area contributed by atoms with Gasteiger partial charge in [-0.05, 0) is 5.56 Å². The van der Waals surface area contributed by atoms with E-state index in [0.717, 1.165) is 5.56 Å². The van der Waals surface area contributed by atoms with Crippen LogP contribution < -0.4 is 0 Å². The first-order chi connectivity index (χ1) is 10.1. The molecule has 2 heterocycles. The molecular formula is C16H19BO4. The van der Waals surface area contributed by atoms with E-state index in [1.807, 2.05) is 37.3 Å². The lowest BCUT2D eigenvalue weighted by molar-refractivity contribution is -0.155. The van der Waals surface area contributed by atoms with Gasteiger partial charge >= 0.3 is 5.97 Å². The fourth-order valence-corrected chi connectivity index (χ4v) is 3.25. The maximum absolute atomic E-state index is 12.1. The number of esters is 1. The highest BCUT2D eigenvalue weighted by atomic mass is 16.6. The Morgan fingerprint density at radius 1 is 1.43 bits per heavy atom. The lowest BCUT2D eigenvalue weighted by Crippen LogP contribution is -2.44. The first kappa shape index (κ1) is 14.6. The van der Waals surface area contributed by atoms with Crippen LogP contribution >= 0.6 is 0 Å². The molecular weight excluding hydrogens is 267 g/mol. The van der Waals surface area contributed by atoms with Crippen LogP contribution in [-0.2, 0) is 25.6 Å². The first-order valence-corrected chi connectivity index (χ1v) is 7.35. The molecule has 2 fully saturated rings. The summed E-state index contributed by atoms with van der Waals surface area (Å²) in [5.74, 6) is -0.147. The molecule has 2 aliphatic rings. The molecule has 1 aromatic carbocycles. The molecule has 0 spiro atoms. The Balaban J connectivity index is 1.59. The van der Waals surface area contributed by atoms with Gasteiger partial charge in [0.05, 0.1) is 18.1 Å². The quantitative estimate of drug-likeness (QED) is 0.625. The summed E-state index contributed by atoms with van der Waals surface area (Å²) < 4.78 is 16.8. The summed E-state index contributed by atoms with van der Waals surface area (Å²) in [5.41, 5.74) is 0.445. The van der Waals surface area contributed by atoms with Crippen molar-refractivity contribution in [3.8, 4) is 0 Å². The minimum Gasteiger partial charge on any atom is -0.461 e. The highest BCUT2D eigenvalue weighted by Gasteiger charge is 2.54. The van der Waals surface area contributed by atoms with Gasteiger partial charge in [-0.2, -0.15) is 0 Å². The largest absolute Gasteiger partial charge is 0.461 e. The standard InChI is InChI=1S/C16H19BO4/c1-11-14-15(17)21-16(11,7-8-19-14)9-13(18)20-10-12-5-3-2-4-6-12/h2-6,11,14-15H,7-10H2,1H3/t11-,14?,15-,16-/m1/s1. The number of carbonyl (C=O) groups is 1. The summed E-state index contributed by atoms with van der Waals surface area (Å²) in [6.07, 6.45) is 0.786. The van der Waals surface area contributed by atoms with Gasteiger partial charge in [0, 0.05) is 24.9 Å². The van der Waals surface area contributed by atoms with Crippen molar-refractivity contribution in [2.45, 2.75) is 44.1 Å². The van der Waals surface area contributed by atoms with Gasteiger partial charge in [0.25, 0.3) is 0 Å². The van der Waals surface area contributed by atoms with E-state index in [0.29, 0.717) is 13.0 Å². The molecule has 1 unspecified atom stereocenters. The van der Waals surface area contributed by atoms with Crippen LogP contribution in [0.4, 0.5) is 0 Å². The maximum Gasteiger partial charge on any atom is 0.309 e. The number of fused-ring (bicyclic) bond motifs is 2. The predicted molar refractivity (Wildman–Crippen MR) is 77.7 cm³/mol. The van der Waals surface area contributed by atoms with Gasteiger partial charge in [0.15, 0.2) is 0 Å². The van der Waals surface area contributed by atoms with Gasteiger partial charge in [-0.15, -0.1) is 0 Å². The summed E-state index contributed by atoms with van der Waals surface area (Å²) in [6.45, 7) is 2.89. The van der Waals surface area contributed by atoms with Crippen molar-refractivity contribution in [3.05, 3.63) is 35.9 Å². The lowest BCUT2D eigenvalue weighted by atomic mass is 9.77. The molecule has 2 bridgehead atoms. The van der Waals surface area contributed by atoms with Gasteiger partial charge in [0.1, 0.15) is 14.5 Å². The molecule has 2 saturated heterocycles. The van der Waals surface area contributed by atoms with E-state index in [1.165, 1.54) is 0 Å². The van der Waals surface area contributed by atoms with E-state index in [2.05, 4.69) is 0 Å². The van der Waals surface area contributed by atoms with Crippen molar-refractivity contribution in [1.29, 1.82) is 0 Å². The molecule has 1 aromatic rings. The minimum atomic E-state index is -0.532. The summed E-state index contributed by atoms with van der Waals surface area (Å²) in [4.78, 5) is 12.1. The van der Waals surface area contributed by atoms with Gasteiger partial charge < -0.3 is 14.2 Å². The average Bonchev–Trinajstić information content (AvgIpc) is 2.62. The van der Waals surface area contributed by atoms with E-state index in [1.54, 1.807) is 0 Å². The zero-order valence-electron chi connectivity index (χ0n) is 12.2. The molecule has 2 radical (unpaired) electrons. The number of hydrogen-bond acceptors (Lipinski definition) is 4. The Hall–Kier alpha value is -1.33. The number of benzene rings is 1. The number of rotatable bonds is 4. The van der Waals surface area contributed by atoms with Crippen LogP contribution in [0.2, 0.25) is 0 Å². The molecule has 3 rings (SSSR count). The Bertz CT molecular complexity index is 506. The molecule has 0 aliphatic carbocycles. The van der Waals surface area contributed by atoms with Crippen molar-refractivity contribution < 1.29 is 19.0 Å². The van der Waals surface area contributed by atoms with E-state index >= 15 is 0 Å². The number of hydrogen-bond donors (Lipinski definition) is 0. The van der Waals surface area contributed by atoms with Crippen LogP contribution in [0.25, 0.3) is 0 Å². The molecule has 4 nitrogen and oxygen atoms in total. The Kier molecular flexibility index (Phi) is 4.04. The minimum absolute atomic E-state index is 0.102. The zero-order chi connectivity index (χ0) is 14.9. The van der Waals surface area contributed by atoms with E-state index in [9.17, 15) is 4.79 Å². The summed E-state index contributed by atoms with van der Waals surface area (Å²) >= 11 is 0. The van der Waals surface area contributed by atoms with Crippen molar-refractivity contribution >= 4 is 13.8 Å². The third kappa shape index (κ3) is 2.85. The Morgan fingerprint density at radius 3 is 2.95 bits per heavy atom. The van der Waals surface area contributed by atoms with Crippen molar-refractivity contribution in [3.63, 3.8) is 0 Å². The fourth-order valence-electron chi connectivity index (χ4n) is 3.25. The van der Waals surface area contributed by atoms with Crippen LogP contribution in [0, 0.1) is 5.92 Å². The Labute approximate surface area is 126 Å². The van der Waals surface area contributed by atoms with Gasteiger partial charge in [-0.1, -0.05) is 37.3 Å². The Morgan fingerprint density at radius 2 is 2.19 bits per heavy atom. The third-order valence-corrected chi connectivity index (χ3v) is 4.54. The van der Waals surface area contributed by atoms with Gasteiger partial charge in [-0.25, -0.2) is 0 Å². The molecule has 4 atom stereocenters. The SMILES string of the molecule is [B][C@@H]1O[C@@]2(CC(=O)OCc3ccccc3)CCOC1[C@H]2C. The van der Waals surface area contributed by atoms with Gasteiger partial charge in [-0.3, -0.25) is 4.79 Å². The number of ether oxygens (including phenoxy) is 3. The van der Waals surface area contributed by atoms with E-state index in [4.69, 9.17) is 22.1 Å². The molecule has 2 aliphatic heterocycles. The van der Waals surface area contributed by atoms with Crippen LogP contribution in [0.15, 0.2) is 30.3 Å². The highest BCUT2D eigenvalue weighted by molar-refractivity contribution is 6.11. The first-order valence-electron chi connectivity index (χ1n) is 7.35. The lowest BCUT2D eigenvalue weighted by Gasteiger charge is -2.36. The molecule has 0 N–H and O–H groups in total. The van der Waals surface area contributed by atoms with E-state index in [-0.39, 0.29) is 31.0 Å². The molecule has 5 heteroatoms. The van der Waals surface area contributed by atoms with Crippen molar-refractivity contribution in [1.82, 2.24) is 0 Å². The molecule has 0 amide bonds. The van der Waals surface area contributed by atoms with Crippen LogP contribution in [0.1, 0.15) is 25.3 Å². The average molecular weight is 286 g/mol. The van der Waals surface area contributed by atoms with Crippen molar-refractivity contribution in [2.75, 3.05) is 6.61 Å². The van der Waals surface area contributed by atoms with Crippen LogP contribution in [0.3, 0.4) is 0 Å². The normalized spacial score (nSPS) is 34.6. The number of carbonyl (C=O) groups excluding carboxylic acids is 1. The summed E-state index contributed by atoms with van der Waals surface area (Å²) in [7, 11) is 5.94. The second-order valence-corrected chi connectivity index (χ2v) is 5.84. The third-order valence-electron chi connectivity index (χ3n) is 4.54. The second kappa shape index (κ2) is 5.81. The summed E-state index contributed by atoms with van der Waals surface area (Å²) in [5, 5.41) is 0. The topological polar surface area (TPSA) is 44.8 Å². The molecule has 0 aromatic heterocycles. The monoisotopic (exact) mass is 286 g/mol. The van der Waals surface area contributed by atoms with Gasteiger partial charge in [0.2, 0.25) is 0 Å². The van der Waals surface area contributed by atoms with Crippen LogP contribution in [-0.4, -0.2) is 38.1 Å². The second-order valence-electron chi connectivity index (χ2n) is 5.84. The maximum atomic E-state index is 12.1. The molecule has 21 heavy (non-hydrogen) atoms. The zero-order valence-corrected chi connectivity index (χ0v) is 12.2. The predicted octanol–water partition coefficient (Wildman–Crippen LogP) is 1.81. The van der Waals surface area contributed by atoms with Crippen LogP contribution in [0.5, 0.6) is 0 Å². The summed E-state index contributed by atoms with van der Waals surface area (Å²) in [6, 6.07) is 9.19. The van der Waals surface area contributed by atoms with E-state index < -0.39 is 11.6 Å². The smallest absolute Gasteiger partial charge is 0.309 e. The molecule has 110 valence electrons. The highest BCUT2D eigenvalue weighted by Crippen LogP contribution is 2.45. The van der Waals surface area contributed by atoms with Crippen molar-refractivity contribution in [2.24, 2.45) is 5.92 Å². The molecule has 0 saturated carbocycles. The fraction of sp³-hybridized carbons (Fsp3) is 0.562.